The van der Waals surface area contributed by atoms with Gasteiger partial charge in [0.2, 0.25) is 0 Å². The van der Waals surface area contributed by atoms with Gasteiger partial charge in [0.15, 0.2) is 0 Å². The number of hydrogen-bond donors (Lipinski definition) is 0. The van der Waals surface area contributed by atoms with Gasteiger partial charge < -0.3 is 9.47 Å². The number of hydrogen-bond acceptors (Lipinski definition) is 4. The molecule has 0 amide bonds. The van der Waals surface area contributed by atoms with Crippen LogP contribution in [0.1, 0.15) is 152 Å². The van der Waals surface area contributed by atoms with Crippen molar-refractivity contribution in [3.63, 3.8) is 0 Å². The molecule has 1 aromatic rings. The molecule has 36 heavy (non-hydrogen) atoms. The van der Waals surface area contributed by atoms with E-state index in [1.807, 2.05) is 0 Å². The van der Waals surface area contributed by atoms with Crippen LogP contribution in [0.2, 0.25) is 0 Å². The van der Waals surface area contributed by atoms with Crippen molar-refractivity contribution in [1.29, 1.82) is 0 Å². The molecule has 206 valence electrons. The average molecular weight is 503 g/mol. The third-order valence-electron chi connectivity index (χ3n) is 7.36. The van der Waals surface area contributed by atoms with E-state index in [2.05, 4.69) is 41.5 Å². The highest BCUT2D eigenvalue weighted by Crippen LogP contribution is 2.25. The highest BCUT2D eigenvalue weighted by atomic mass is 16.6. The number of benzene rings is 1. The summed E-state index contributed by atoms with van der Waals surface area (Å²) in [5.74, 6) is -0.220. The molecule has 0 aromatic heterocycles. The third kappa shape index (κ3) is 11.9. The van der Waals surface area contributed by atoms with Crippen LogP contribution in [0.25, 0.3) is 0 Å². The Bertz CT molecular complexity index is 668. The first-order valence-electron chi connectivity index (χ1n) is 14.9. The maximum absolute atomic E-state index is 13.3. The quantitative estimate of drug-likeness (QED) is 0.132. The summed E-state index contributed by atoms with van der Waals surface area (Å²) in [5.41, 5.74) is 0.637. The number of rotatable bonds is 20. The Labute approximate surface area is 221 Å². The minimum atomic E-state index is -0.408. The maximum Gasteiger partial charge on any atom is 0.339 e. The highest BCUT2D eigenvalue weighted by molar-refractivity contribution is 6.03. The van der Waals surface area contributed by atoms with Gasteiger partial charge in [0.25, 0.3) is 0 Å². The topological polar surface area (TPSA) is 52.6 Å². The summed E-state index contributed by atoms with van der Waals surface area (Å²) in [4.78, 5) is 26.7. The van der Waals surface area contributed by atoms with Gasteiger partial charge >= 0.3 is 11.9 Å². The lowest BCUT2D eigenvalue weighted by molar-refractivity contribution is 0.00683. The van der Waals surface area contributed by atoms with E-state index in [9.17, 15) is 9.59 Å². The van der Waals surface area contributed by atoms with Crippen LogP contribution in [0.4, 0.5) is 0 Å². The van der Waals surface area contributed by atoms with Crippen LogP contribution in [0.15, 0.2) is 24.3 Å². The van der Waals surface area contributed by atoms with Crippen LogP contribution in [0, 0.1) is 11.8 Å². The Morgan fingerprint density at radius 1 is 0.583 bits per heavy atom. The van der Waals surface area contributed by atoms with Gasteiger partial charge in [-0.25, -0.2) is 9.59 Å². The van der Waals surface area contributed by atoms with E-state index in [1.54, 1.807) is 24.3 Å². The minimum absolute atomic E-state index is 0.129. The average Bonchev–Trinajstić information content (AvgIpc) is 2.89. The van der Waals surface area contributed by atoms with Crippen LogP contribution in [0.3, 0.4) is 0 Å². The normalized spacial score (nSPS) is 14.6. The van der Waals surface area contributed by atoms with Gasteiger partial charge in [-0.1, -0.05) is 105 Å². The molecule has 0 N–H and O–H groups in total. The second kappa shape index (κ2) is 19.3. The standard InChI is InChI=1S/C32H54O4/c1-7-11-15-23-29(25(5)19-13-9-3)35-31(33)27-21-17-18-22-28(27)32(34)36-30(24-16-12-8-2)26(6)20-14-10-4/h17-18,21-22,25-26,29-30H,7-16,19-20,23-24H2,1-6H3. The Balaban J connectivity index is 3.02. The molecule has 0 aliphatic carbocycles. The molecule has 0 saturated heterocycles. The summed E-state index contributed by atoms with van der Waals surface area (Å²) >= 11 is 0. The van der Waals surface area contributed by atoms with Gasteiger partial charge in [0.1, 0.15) is 12.2 Å². The van der Waals surface area contributed by atoms with Gasteiger partial charge in [-0.15, -0.1) is 0 Å². The monoisotopic (exact) mass is 502 g/mol. The molecule has 0 radical (unpaired) electrons. The molecule has 4 nitrogen and oxygen atoms in total. The number of carbonyl (C=O) groups excluding carboxylic acids is 2. The molecule has 1 aromatic carbocycles. The van der Waals surface area contributed by atoms with E-state index >= 15 is 0 Å². The second-order valence-corrected chi connectivity index (χ2v) is 10.7. The molecule has 0 saturated carbocycles. The van der Waals surface area contributed by atoms with E-state index in [4.69, 9.17) is 9.47 Å². The molecule has 0 aliphatic rings. The fraction of sp³-hybridized carbons (Fsp3) is 0.750. The molecule has 4 heteroatoms. The molecule has 1 rings (SSSR count). The second-order valence-electron chi connectivity index (χ2n) is 10.7. The van der Waals surface area contributed by atoms with Gasteiger partial charge in [-0.2, -0.15) is 0 Å². The van der Waals surface area contributed by atoms with Crippen molar-refractivity contribution in [2.75, 3.05) is 0 Å². The highest BCUT2D eigenvalue weighted by Gasteiger charge is 2.27. The SMILES string of the molecule is CCCCCC(OC(=O)c1ccccc1C(=O)OC(CCCCC)C(C)CCCC)C(C)CCCC. The van der Waals surface area contributed by atoms with Crippen molar-refractivity contribution in [3.8, 4) is 0 Å². The lowest BCUT2D eigenvalue weighted by atomic mass is 9.93. The van der Waals surface area contributed by atoms with Gasteiger partial charge in [-0.05, 0) is 62.5 Å². The van der Waals surface area contributed by atoms with Gasteiger partial charge in [-0.3, -0.25) is 0 Å². The van der Waals surface area contributed by atoms with Crippen molar-refractivity contribution >= 4 is 11.9 Å². The van der Waals surface area contributed by atoms with Crippen LogP contribution in [0.5, 0.6) is 0 Å². The zero-order chi connectivity index (χ0) is 26.8. The molecule has 0 fully saturated rings. The van der Waals surface area contributed by atoms with Crippen molar-refractivity contribution in [1.82, 2.24) is 0 Å². The largest absolute Gasteiger partial charge is 0.458 e. The summed E-state index contributed by atoms with van der Waals surface area (Å²) < 4.78 is 12.1. The summed E-state index contributed by atoms with van der Waals surface area (Å²) in [6.07, 6.45) is 14.7. The van der Waals surface area contributed by atoms with Crippen LogP contribution in [-0.4, -0.2) is 24.1 Å². The van der Waals surface area contributed by atoms with E-state index in [0.29, 0.717) is 23.0 Å². The minimum Gasteiger partial charge on any atom is -0.458 e. The Morgan fingerprint density at radius 2 is 0.944 bits per heavy atom. The lowest BCUT2D eigenvalue weighted by Crippen LogP contribution is -2.28. The Morgan fingerprint density at radius 3 is 1.28 bits per heavy atom. The Hall–Kier alpha value is -1.84. The van der Waals surface area contributed by atoms with Crippen molar-refractivity contribution in [2.45, 2.75) is 144 Å². The summed E-state index contributed by atoms with van der Waals surface area (Å²) in [6, 6.07) is 6.99. The predicted octanol–water partition coefficient (Wildman–Crippen LogP) is 9.55. The zero-order valence-electron chi connectivity index (χ0n) is 24.2. The number of esters is 2. The number of ether oxygens (including phenoxy) is 2. The van der Waals surface area contributed by atoms with Gasteiger partial charge in [0.05, 0.1) is 11.1 Å². The summed E-state index contributed by atoms with van der Waals surface area (Å²) in [6.45, 7) is 13.1. The zero-order valence-corrected chi connectivity index (χ0v) is 24.2. The predicted molar refractivity (Wildman–Crippen MR) is 151 cm³/mol. The molecule has 0 heterocycles. The molecular weight excluding hydrogens is 448 g/mol. The van der Waals surface area contributed by atoms with Crippen molar-refractivity contribution in [3.05, 3.63) is 35.4 Å². The van der Waals surface area contributed by atoms with Gasteiger partial charge in [0, 0.05) is 0 Å². The molecule has 4 unspecified atom stereocenters. The molecule has 0 bridgehead atoms. The van der Waals surface area contributed by atoms with E-state index < -0.39 is 11.9 Å². The van der Waals surface area contributed by atoms with Crippen molar-refractivity contribution < 1.29 is 19.1 Å². The van der Waals surface area contributed by atoms with E-state index in [1.165, 1.54) is 0 Å². The van der Waals surface area contributed by atoms with Crippen LogP contribution >= 0.6 is 0 Å². The third-order valence-corrected chi connectivity index (χ3v) is 7.36. The van der Waals surface area contributed by atoms with E-state index in [-0.39, 0.29) is 12.2 Å². The lowest BCUT2D eigenvalue weighted by Gasteiger charge is -2.26. The molecule has 4 atom stereocenters. The van der Waals surface area contributed by atoms with Crippen LogP contribution in [-0.2, 0) is 9.47 Å². The summed E-state index contributed by atoms with van der Waals surface area (Å²) in [7, 11) is 0. The molecular formula is C32H54O4. The number of unbranched alkanes of at least 4 members (excludes halogenated alkanes) is 6. The first kappa shape index (κ1) is 32.2. The Kier molecular flexibility index (Phi) is 17.3. The molecule has 0 aliphatic heterocycles. The maximum atomic E-state index is 13.3. The fourth-order valence-corrected chi connectivity index (χ4v) is 4.78. The smallest absolute Gasteiger partial charge is 0.339 e. The van der Waals surface area contributed by atoms with E-state index in [0.717, 1.165) is 89.9 Å². The first-order chi connectivity index (χ1) is 17.4. The van der Waals surface area contributed by atoms with Crippen molar-refractivity contribution in [2.24, 2.45) is 11.8 Å². The summed E-state index contributed by atoms with van der Waals surface area (Å²) in [5, 5.41) is 0. The van der Waals surface area contributed by atoms with Crippen LogP contribution < -0.4 is 0 Å². The fourth-order valence-electron chi connectivity index (χ4n) is 4.78. The number of carbonyl (C=O) groups is 2. The molecule has 0 spiro atoms. The first-order valence-corrected chi connectivity index (χ1v) is 14.9.